The molecule has 0 bridgehead atoms. The molecule has 0 amide bonds. The lowest BCUT2D eigenvalue weighted by Crippen LogP contribution is -2.43. The summed E-state index contributed by atoms with van der Waals surface area (Å²) in [6.45, 7) is 7.52. The number of nitrogens with zero attached hydrogens (tertiary/aromatic N) is 1. The van der Waals surface area contributed by atoms with Crippen LogP contribution in [0.2, 0.25) is 18.1 Å². The van der Waals surface area contributed by atoms with Gasteiger partial charge in [-0.3, -0.25) is 4.99 Å². The molecule has 1 aromatic rings. The molecule has 1 aromatic carbocycles. The number of rotatable bonds is 12. The van der Waals surface area contributed by atoms with Crippen LogP contribution in [0.1, 0.15) is 26.3 Å². The molecule has 1 unspecified atom stereocenters. The Kier molecular flexibility index (Phi) is 10.4. The summed E-state index contributed by atoms with van der Waals surface area (Å²) in [5.74, 6) is 0.903. The maximum absolute atomic E-state index is 13.2. The molecule has 0 spiro atoms. The SMILES string of the molecule is CC(C)(C)[Si](C)(C)OCC(CSCc1ccc(F)cc1)/N=C/C(CF)(CF)CF. The van der Waals surface area contributed by atoms with Crippen molar-refractivity contribution in [3.8, 4) is 0 Å². The van der Waals surface area contributed by atoms with Gasteiger partial charge in [0.1, 0.15) is 25.8 Å². The second kappa shape index (κ2) is 11.5. The Hall–Kier alpha value is -0.863. The zero-order valence-corrected chi connectivity index (χ0v) is 19.8. The van der Waals surface area contributed by atoms with E-state index >= 15 is 0 Å². The van der Waals surface area contributed by atoms with E-state index in [1.165, 1.54) is 12.1 Å². The molecule has 1 rings (SSSR count). The minimum absolute atomic E-state index is 0.0170. The third-order valence-corrected chi connectivity index (χ3v) is 11.0. The van der Waals surface area contributed by atoms with Crippen molar-refractivity contribution in [2.45, 2.75) is 50.7 Å². The highest BCUT2D eigenvalue weighted by Crippen LogP contribution is 2.36. The van der Waals surface area contributed by atoms with Crippen molar-refractivity contribution < 1.29 is 22.0 Å². The first-order chi connectivity index (χ1) is 13.5. The molecule has 0 aliphatic carbocycles. The Morgan fingerprint density at radius 2 is 1.62 bits per heavy atom. The molecular formula is C21H33F4NOSSi. The predicted octanol–water partition coefficient (Wildman–Crippen LogP) is 6.42. The van der Waals surface area contributed by atoms with E-state index in [1.54, 1.807) is 23.9 Å². The lowest BCUT2D eigenvalue weighted by Gasteiger charge is -2.37. The van der Waals surface area contributed by atoms with Gasteiger partial charge in [0, 0.05) is 17.7 Å². The number of halogens is 4. The average Bonchev–Trinajstić information content (AvgIpc) is 2.67. The van der Waals surface area contributed by atoms with Crippen LogP contribution in [0.15, 0.2) is 29.3 Å². The highest BCUT2D eigenvalue weighted by atomic mass is 32.2. The van der Waals surface area contributed by atoms with E-state index in [0.29, 0.717) is 18.1 Å². The minimum atomic E-state index is -2.02. The largest absolute Gasteiger partial charge is 0.415 e. The van der Waals surface area contributed by atoms with Gasteiger partial charge in [-0.25, -0.2) is 17.6 Å². The summed E-state index contributed by atoms with van der Waals surface area (Å²) in [6.07, 6.45) is 1.09. The summed E-state index contributed by atoms with van der Waals surface area (Å²) < 4.78 is 58.8. The molecule has 1 atom stereocenters. The summed E-state index contributed by atoms with van der Waals surface area (Å²) in [5, 5.41) is 0.0170. The third-order valence-electron chi connectivity index (χ3n) is 5.29. The van der Waals surface area contributed by atoms with Gasteiger partial charge >= 0.3 is 0 Å². The number of alkyl halides is 3. The number of hydrogen-bond acceptors (Lipinski definition) is 3. The van der Waals surface area contributed by atoms with E-state index in [4.69, 9.17) is 4.43 Å². The van der Waals surface area contributed by atoms with Gasteiger partial charge in [-0.05, 0) is 35.8 Å². The van der Waals surface area contributed by atoms with Gasteiger partial charge < -0.3 is 4.43 Å². The van der Waals surface area contributed by atoms with Crippen molar-refractivity contribution in [3.63, 3.8) is 0 Å². The molecule has 0 aliphatic rings. The first-order valence-corrected chi connectivity index (χ1v) is 13.7. The third kappa shape index (κ3) is 8.42. The van der Waals surface area contributed by atoms with Crippen molar-refractivity contribution in [3.05, 3.63) is 35.6 Å². The van der Waals surface area contributed by atoms with E-state index < -0.39 is 33.8 Å². The molecule has 8 heteroatoms. The summed E-state index contributed by atoms with van der Waals surface area (Å²) in [5.41, 5.74) is -0.841. The van der Waals surface area contributed by atoms with Crippen LogP contribution in [0.5, 0.6) is 0 Å². The van der Waals surface area contributed by atoms with E-state index in [2.05, 4.69) is 38.9 Å². The number of aliphatic imine (C=N–C) groups is 1. The summed E-state index contributed by atoms with van der Waals surface area (Å²) >= 11 is 1.57. The Morgan fingerprint density at radius 3 is 2.10 bits per heavy atom. The summed E-state index contributed by atoms with van der Waals surface area (Å²) in [4.78, 5) is 4.31. The zero-order valence-electron chi connectivity index (χ0n) is 18.0. The van der Waals surface area contributed by atoms with Crippen molar-refractivity contribution in [2.75, 3.05) is 32.4 Å². The highest BCUT2D eigenvalue weighted by molar-refractivity contribution is 7.98. The monoisotopic (exact) mass is 451 g/mol. The number of hydrogen-bond donors (Lipinski definition) is 0. The Labute approximate surface area is 177 Å². The van der Waals surface area contributed by atoms with Crippen molar-refractivity contribution in [1.29, 1.82) is 0 Å². The van der Waals surface area contributed by atoms with Crippen LogP contribution in [-0.4, -0.2) is 53.0 Å². The average molecular weight is 452 g/mol. The molecule has 0 aromatic heterocycles. The van der Waals surface area contributed by atoms with E-state index in [1.807, 2.05) is 0 Å². The Bertz CT molecular complexity index is 622. The van der Waals surface area contributed by atoms with Crippen LogP contribution in [0.4, 0.5) is 17.6 Å². The molecule has 0 saturated heterocycles. The molecule has 0 saturated carbocycles. The standard InChI is InChI=1S/C21H33F4NOSSi/c1-20(2,3)29(4,5)27-10-19(26-16-21(13-22,14-23)15-24)12-28-11-17-6-8-18(25)9-7-17/h6-9,16,19H,10-15H2,1-5H3/b26-16+. The van der Waals surface area contributed by atoms with Crippen LogP contribution in [0.25, 0.3) is 0 Å². The summed E-state index contributed by atoms with van der Waals surface area (Å²) in [6, 6.07) is 5.90. The smallest absolute Gasteiger partial charge is 0.192 e. The van der Waals surface area contributed by atoms with Gasteiger partial charge in [-0.2, -0.15) is 11.8 Å². The lowest BCUT2D eigenvalue weighted by atomic mass is 9.95. The van der Waals surface area contributed by atoms with Gasteiger partial charge in [-0.1, -0.05) is 32.9 Å². The Balaban J connectivity index is 2.82. The number of thioether (sulfide) groups is 1. The van der Waals surface area contributed by atoms with E-state index in [-0.39, 0.29) is 16.9 Å². The molecule has 0 radical (unpaired) electrons. The maximum Gasteiger partial charge on any atom is 0.192 e. The second-order valence-electron chi connectivity index (χ2n) is 8.91. The minimum Gasteiger partial charge on any atom is -0.415 e. The highest BCUT2D eigenvalue weighted by Gasteiger charge is 2.37. The molecule has 0 fully saturated rings. The van der Waals surface area contributed by atoms with E-state index in [9.17, 15) is 17.6 Å². The normalized spacial score (nSPS) is 14.5. The van der Waals surface area contributed by atoms with E-state index in [0.717, 1.165) is 11.8 Å². The van der Waals surface area contributed by atoms with Gasteiger partial charge in [-0.15, -0.1) is 0 Å². The van der Waals surface area contributed by atoms with Gasteiger partial charge in [0.05, 0.1) is 18.1 Å². The lowest BCUT2D eigenvalue weighted by molar-refractivity contribution is 0.187. The van der Waals surface area contributed by atoms with Crippen molar-refractivity contribution in [1.82, 2.24) is 0 Å². The fourth-order valence-corrected chi connectivity index (χ4v) is 4.07. The van der Waals surface area contributed by atoms with Crippen LogP contribution in [0.3, 0.4) is 0 Å². The van der Waals surface area contributed by atoms with Crippen LogP contribution >= 0.6 is 11.8 Å². The van der Waals surface area contributed by atoms with Crippen LogP contribution < -0.4 is 0 Å². The van der Waals surface area contributed by atoms with Crippen LogP contribution in [0, 0.1) is 11.2 Å². The molecule has 29 heavy (non-hydrogen) atoms. The van der Waals surface area contributed by atoms with Crippen LogP contribution in [-0.2, 0) is 10.2 Å². The number of benzene rings is 1. The molecule has 0 N–H and O–H groups in total. The van der Waals surface area contributed by atoms with Gasteiger partial charge in [0.25, 0.3) is 0 Å². The molecule has 0 aliphatic heterocycles. The molecular weight excluding hydrogens is 418 g/mol. The maximum atomic E-state index is 13.2. The fraction of sp³-hybridized carbons (Fsp3) is 0.667. The van der Waals surface area contributed by atoms with Crippen molar-refractivity contribution >= 4 is 26.3 Å². The summed E-state index contributed by atoms with van der Waals surface area (Å²) in [7, 11) is -2.02. The molecule has 0 heterocycles. The van der Waals surface area contributed by atoms with Crippen molar-refractivity contribution in [2.24, 2.45) is 10.4 Å². The Morgan fingerprint density at radius 1 is 1.07 bits per heavy atom. The fourth-order valence-electron chi connectivity index (χ4n) is 2.02. The second-order valence-corrected chi connectivity index (χ2v) is 14.7. The van der Waals surface area contributed by atoms with Gasteiger partial charge in [0.2, 0.25) is 0 Å². The molecule has 166 valence electrons. The first-order valence-electron chi connectivity index (χ1n) is 9.67. The topological polar surface area (TPSA) is 21.6 Å². The molecule has 2 nitrogen and oxygen atoms in total. The van der Waals surface area contributed by atoms with Gasteiger partial charge in [0.15, 0.2) is 8.32 Å². The predicted molar refractivity (Wildman–Crippen MR) is 118 cm³/mol. The first kappa shape index (κ1) is 26.2. The zero-order chi connectivity index (χ0) is 22.1. The quantitative estimate of drug-likeness (QED) is 0.208.